The molecule has 0 aliphatic heterocycles. The minimum Gasteiger partial charge on any atom is -0.383 e. The molecule has 2 aromatic heterocycles. The van der Waals surface area contributed by atoms with Crippen LogP contribution < -0.4 is 10.5 Å². The van der Waals surface area contributed by atoms with Crippen molar-refractivity contribution in [3.05, 3.63) is 53.2 Å². The number of rotatable bonds is 4. The van der Waals surface area contributed by atoms with Crippen molar-refractivity contribution in [1.82, 2.24) is 20.2 Å². The van der Waals surface area contributed by atoms with Crippen molar-refractivity contribution in [2.75, 3.05) is 10.5 Å². The van der Waals surface area contributed by atoms with Crippen LogP contribution in [0.1, 0.15) is 12.6 Å². The van der Waals surface area contributed by atoms with Crippen LogP contribution in [0.25, 0.3) is 22.4 Å². The lowest BCUT2D eigenvalue weighted by molar-refractivity contribution is -0.139. The number of H-pyrrole nitrogens is 1. The molecule has 2 atom stereocenters. The van der Waals surface area contributed by atoms with E-state index in [-0.39, 0.29) is 33.6 Å². The third-order valence-corrected chi connectivity index (χ3v) is 7.11. The molecule has 2 unspecified atom stereocenters. The zero-order valence-electron chi connectivity index (χ0n) is 16.7. The normalized spacial score (nSPS) is 21.3. The summed E-state index contributed by atoms with van der Waals surface area (Å²) < 4.78 is 83.2. The summed E-state index contributed by atoms with van der Waals surface area (Å²) in [6.45, 7) is 1.36. The van der Waals surface area contributed by atoms with Crippen molar-refractivity contribution >= 4 is 44.2 Å². The number of fused-ring (bicyclic) bond motifs is 1. The van der Waals surface area contributed by atoms with E-state index >= 15 is 4.39 Å². The number of hydrogen-bond acceptors (Lipinski definition) is 6. The average molecular weight is 503 g/mol. The van der Waals surface area contributed by atoms with Gasteiger partial charge in [-0.2, -0.15) is 18.3 Å². The molecule has 0 saturated carbocycles. The Bertz CT molecular complexity index is 1400. The lowest BCUT2D eigenvalue weighted by Gasteiger charge is -2.29. The maximum absolute atomic E-state index is 15.3. The number of anilines is 2. The topological polar surface area (TPSA) is 127 Å². The fraction of sp³-hybridized carbons (Fsp3) is 0.211. The van der Waals surface area contributed by atoms with Crippen LogP contribution >= 0.6 is 11.6 Å². The molecule has 1 aliphatic rings. The van der Waals surface area contributed by atoms with Gasteiger partial charge in [0, 0.05) is 22.2 Å². The lowest BCUT2D eigenvalue weighted by atomic mass is 10.0. The van der Waals surface area contributed by atoms with Gasteiger partial charge >= 0.3 is 6.18 Å². The van der Waals surface area contributed by atoms with E-state index in [2.05, 4.69) is 24.9 Å². The van der Waals surface area contributed by atoms with E-state index in [1.54, 1.807) is 0 Å². The molecule has 33 heavy (non-hydrogen) atoms. The highest BCUT2D eigenvalue weighted by Gasteiger charge is 2.48. The lowest BCUT2D eigenvalue weighted by Crippen LogP contribution is -2.42. The highest BCUT2D eigenvalue weighted by atomic mass is 35.5. The number of hydrogen-bond donors (Lipinski definition) is 3. The number of aromatic nitrogens is 4. The van der Waals surface area contributed by atoms with Gasteiger partial charge in [-0.25, -0.2) is 22.8 Å². The van der Waals surface area contributed by atoms with Crippen molar-refractivity contribution in [3.8, 4) is 11.4 Å². The Morgan fingerprint density at radius 1 is 1.21 bits per heavy atom. The number of nitrogens with zero attached hydrogens (tertiary/aromatic N) is 3. The Kier molecular flexibility index (Phi) is 5.36. The molecule has 1 aromatic carbocycles. The van der Waals surface area contributed by atoms with Crippen LogP contribution in [0, 0.1) is 5.92 Å². The fourth-order valence-corrected chi connectivity index (χ4v) is 4.95. The average Bonchev–Trinajstić information content (AvgIpc) is 3.10. The van der Waals surface area contributed by atoms with Crippen LogP contribution in [0.4, 0.5) is 29.1 Å². The minimum absolute atomic E-state index is 0.0156. The summed E-state index contributed by atoms with van der Waals surface area (Å²) in [5.41, 5.74) is 4.11. The van der Waals surface area contributed by atoms with Gasteiger partial charge in [0.25, 0.3) is 15.0 Å². The van der Waals surface area contributed by atoms with Crippen LogP contribution in [-0.4, -0.2) is 33.6 Å². The van der Waals surface area contributed by atoms with Crippen molar-refractivity contribution in [2.45, 2.75) is 18.1 Å². The number of halogens is 5. The standard InChI is InChI=1S/C19H15ClF4N6O2S/c1-9-8-11(20)6-7-18(9,21)33(31,32)30-12-4-2-10(3-5-12)16-26-14(19(22,23)24)13-15(25)28-29-17(13)27-16/h2-9,30H,1H3,(H3,25,26,27,28,29). The summed E-state index contributed by atoms with van der Waals surface area (Å²) >= 11 is 5.80. The van der Waals surface area contributed by atoms with E-state index in [0.717, 1.165) is 12.2 Å². The number of benzene rings is 1. The molecule has 0 spiro atoms. The molecule has 0 radical (unpaired) electrons. The quantitative estimate of drug-likeness (QED) is 0.455. The zero-order chi connectivity index (χ0) is 24.2. The highest BCUT2D eigenvalue weighted by molar-refractivity contribution is 7.94. The third-order valence-electron chi connectivity index (χ3n) is 5.02. The van der Waals surface area contributed by atoms with Gasteiger partial charge in [0.2, 0.25) is 0 Å². The number of aromatic amines is 1. The molecular formula is C19H15ClF4N6O2S. The first-order valence-electron chi connectivity index (χ1n) is 9.29. The van der Waals surface area contributed by atoms with E-state index in [1.807, 2.05) is 0 Å². The van der Waals surface area contributed by atoms with E-state index < -0.39 is 38.2 Å². The molecule has 174 valence electrons. The molecule has 2 heterocycles. The molecule has 0 fully saturated rings. The van der Waals surface area contributed by atoms with Crippen LogP contribution in [-0.2, 0) is 16.2 Å². The maximum Gasteiger partial charge on any atom is 0.434 e. The molecule has 0 amide bonds. The summed E-state index contributed by atoms with van der Waals surface area (Å²) in [6.07, 6.45) is -1.54. The van der Waals surface area contributed by atoms with E-state index in [0.29, 0.717) is 0 Å². The van der Waals surface area contributed by atoms with Gasteiger partial charge in [0.05, 0.1) is 5.39 Å². The van der Waals surface area contributed by atoms with Gasteiger partial charge in [0.15, 0.2) is 17.2 Å². The Balaban J connectivity index is 1.66. The number of sulfonamides is 1. The largest absolute Gasteiger partial charge is 0.434 e. The third kappa shape index (κ3) is 4.02. The molecule has 0 saturated heterocycles. The second-order valence-corrected chi connectivity index (χ2v) is 9.56. The summed E-state index contributed by atoms with van der Waals surface area (Å²) in [6, 6.07) is 5.07. The van der Waals surface area contributed by atoms with E-state index in [1.165, 1.54) is 37.3 Å². The number of nitrogen functional groups attached to an aromatic ring is 1. The second kappa shape index (κ2) is 7.70. The number of nitrogens with two attached hydrogens (primary N) is 1. The smallest absolute Gasteiger partial charge is 0.383 e. The van der Waals surface area contributed by atoms with Gasteiger partial charge in [-0.15, -0.1) is 0 Å². The summed E-state index contributed by atoms with van der Waals surface area (Å²) in [7, 11) is -4.55. The maximum atomic E-state index is 15.3. The Morgan fingerprint density at radius 2 is 1.88 bits per heavy atom. The molecule has 14 heteroatoms. The van der Waals surface area contributed by atoms with Gasteiger partial charge in [-0.05, 0) is 36.4 Å². The SMILES string of the molecule is CC1C=C(Cl)C=CC1(F)S(=O)(=O)Nc1ccc(-c2nc(C(F)(F)F)c3c(N)[nH]nc3n2)cc1. The summed E-state index contributed by atoms with van der Waals surface area (Å²) in [4.78, 5) is 7.56. The fourth-order valence-electron chi connectivity index (χ4n) is 3.29. The molecule has 1 aliphatic carbocycles. The molecular weight excluding hydrogens is 488 g/mol. The molecule has 8 nitrogen and oxygen atoms in total. The Hall–Kier alpha value is -3.19. The van der Waals surface area contributed by atoms with Gasteiger partial charge in [-0.1, -0.05) is 24.6 Å². The Labute approximate surface area is 189 Å². The first kappa shape index (κ1) is 23.0. The van der Waals surface area contributed by atoms with E-state index in [9.17, 15) is 21.6 Å². The highest BCUT2D eigenvalue weighted by Crippen LogP contribution is 2.38. The van der Waals surface area contributed by atoms with Gasteiger partial charge < -0.3 is 5.73 Å². The summed E-state index contributed by atoms with van der Waals surface area (Å²) in [5.74, 6) is -1.69. The van der Waals surface area contributed by atoms with Crippen molar-refractivity contribution < 1.29 is 26.0 Å². The van der Waals surface area contributed by atoms with Crippen LogP contribution in [0.3, 0.4) is 0 Å². The predicted octanol–water partition coefficient (Wildman–Crippen LogP) is 4.36. The number of allylic oxidation sites excluding steroid dienone is 3. The van der Waals surface area contributed by atoms with E-state index in [4.69, 9.17) is 17.3 Å². The van der Waals surface area contributed by atoms with Crippen LogP contribution in [0.2, 0.25) is 0 Å². The first-order chi connectivity index (χ1) is 15.3. The first-order valence-corrected chi connectivity index (χ1v) is 11.1. The second-order valence-electron chi connectivity index (χ2n) is 7.28. The van der Waals surface area contributed by atoms with Gasteiger partial charge in [-0.3, -0.25) is 9.82 Å². The van der Waals surface area contributed by atoms with Crippen molar-refractivity contribution in [3.63, 3.8) is 0 Å². The van der Waals surface area contributed by atoms with Gasteiger partial charge in [0.1, 0.15) is 5.82 Å². The monoisotopic (exact) mass is 502 g/mol. The molecule has 3 aromatic rings. The zero-order valence-corrected chi connectivity index (χ0v) is 18.2. The Morgan fingerprint density at radius 3 is 2.48 bits per heavy atom. The molecule has 4 N–H and O–H groups in total. The van der Waals surface area contributed by atoms with Crippen molar-refractivity contribution in [1.29, 1.82) is 0 Å². The van der Waals surface area contributed by atoms with Crippen LogP contribution in [0.5, 0.6) is 0 Å². The summed E-state index contributed by atoms with van der Waals surface area (Å²) in [5, 5.41) is 2.91. The number of nitrogens with one attached hydrogen (secondary N) is 2. The molecule has 0 bridgehead atoms. The molecule has 4 rings (SSSR count). The predicted molar refractivity (Wildman–Crippen MR) is 115 cm³/mol. The van der Waals surface area contributed by atoms with Crippen molar-refractivity contribution in [2.24, 2.45) is 5.92 Å². The minimum atomic E-state index is -4.82. The van der Waals surface area contributed by atoms with Crippen LogP contribution in [0.15, 0.2) is 47.5 Å². The number of alkyl halides is 4.